The van der Waals surface area contributed by atoms with Crippen LogP contribution in [0, 0.1) is 12.8 Å². The number of benzene rings is 1. The molecule has 0 aliphatic carbocycles. The van der Waals surface area contributed by atoms with Crippen LogP contribution in [0.5, 0.6) is 5.75 Å². The van der Waals surface area contributed by atoms with Crippen molar-refractivity contribution in [3.8, 4) is 5.75 Å². The second-order valence-electron chi connectivity index (χ2n) is 6.41. The number of aliphatic carboxylic acids is 1. The van der Waals surface area contributed by atoms with E-state index in [0.29, 0.717) is 23.0 Å². The van der Waals surface area contributed by atoms with E-state index < -0.39 is 11.9 Å². The summed E-state index contributed by atoms with van der Waals surface area (Å²) in [6, 6.07) is 7.29. The van der Waals surface area contributed by atoms with Crippen LogP contribution in [0.1, 0.15) is 27.7 Å². The molecule has 1 amide bonds. The molecule has 1 saturated heterocycles. The highest BCUT2D eigenvalue weighted by Crippen LogP contribution is 2.35. The highest BCUT2D eigenvalue weighted by atomic mass is 35.5. The summed E-state index contributed by atoms with van der Waals surface area (Å²) in [7, 11) is 3.21. The molecule has 2 heterocycles. The van der Waals surface area contributed by atoms with Crippen LogP contribution in [-0.2, 0) is 11.8 Å². The molecule has 1 fully saturated rings. The van der Waals surface area contributed by atoms with Crippen LogP contribution in [0.25, 0.3) is 0 Å². The lowest BCUT2D eigenvalue weighted by molar-refractivity contribution is -0.141. The molecule has 8 heteroatoms. The van der Waals surface area contributed by atoms with Crippen molar-refractivity contribution in [2.75, 3.05) is 20.2 Å². The van der Waals surface area contributed by atoms with Gasteiger partial charge in [0.2, 0.25) is 0 Å². The summed E-state index contributed by atoms with van der Waals surface area (Å²) in [5.41, 5.74) is 1.68. The van der Waals surface area contributed by atoms with E-state index in [4.69, 9.17) is 16.3 Å². The van der Waals surface area contributed by atoms with Crippen molar-refractivity contribution in [1.29, 1.82) is 0 Å². The molecular weight excluding hydrogens is 358 g/mol. The molecule has 1 N–H and O–H groups in total. The van der Waals surface area contributed by atoms with Gasteiger partial charge in [0.1, 0.15) is 11.4 Å². The first-order valence-electron chi connectivity index (χ1n) is 8.18. The fraction of sp³-hybridized carbons (Fsp3) is 0.389. The lowest BCUT2D eigenvalue weighted by atomic mass is 9.89. The van der Waals surface area contributed by atoms with Crippen molar-refractivity contribution in [2.45, 2.75) is 12.8 Å². The Hall–Kier alpha value is -2.54. The van der Waals surface area contributed by atoms with Crippen LogP contribution in [-0.4, -0.2) is 51.9 Å². The lowest BCUT2D eigenvalue weighted by Gasteiger charge is -2.17. The first-order chi connectivity index (χ1) is 12.3. The third-order valence-corrected chi connectivity index (χ3v) is 5.25. The summed E-state index contributed by atoms with van der Waals surface area (Å²) < 4.78 is 6.67. The van der Waals surface area contributed by atoms with E-state index >= 15 is 0 Å². The number of carbonyl (C=O) groups is 2. The van der Waals surface area contributed by atoms with Crippen molar-refractivity contribution < 1.29 is 19.4 Å². The number of methoxy groups -OCH3 is 1. The van der Waals surface area contributed by atoms with Gasteiger partial charge >= 0.3 is 5.97 Å². The second kappa shape index (κ2) is 6.99. The van der Waals surface area contributed by atoms with Crippen molar-refractivity contribution in [3.05, 3.63) is 46.2 Å². The van der Waals surface area contributed by atoms with Gasteiger partial charge in [-0.05, 0) is 24.6 Å². The van der Waals surface area contributed by atoms with Crippen LogP contribution in [0.3, 0.4) is 0 Å². The van der Waals surface area contributed by atoms with E-state index in [1.54, 1.807) is 27.1 Å². The maximum atomic E-state index is 12.9. The summed E-state index contributed by atoms with van der Waals surface area (Å²) in [6.45, 7) is 2.14. The van der Waals surface area contributed by atoms with Gasteiger partial charge in [-0.25, -0.2) is 0 Å². The summed E-state index contributed by atoms with van der Waals surface area (Å²) >= 11 is 6.22. The summed E-state index contributed by atoms with van der Waals surface area (Å²) in [4.78, 5) is 26.2. The van der Waals surface area contributed by atoms with Crippen LogP contribution >= 0.6 is 11.6 Å². The molecule has 2 atom stereocenters. The number of hydrogen-bond donors (Lipinski definition) is 1. The molecule has 1 aromatic heterocycles. The van der Waals surface area contributed by atoms with Gasteiger partial charge < -0.3 is 14.7 Å². The first-order valence-corrected chi connectivity index (χ1v) is 8.56. The smallest absolute Gasteiger partial charge is 0.308 e. The molecule has 3 rings (SSSR count). The molecule has 26 heavy (non-hydrogen) atoms. The largest absolute Gasteiger partial charge is 0.497 e. The second-order valence-corrected chi connectivity index (χ2v) is 6.79. The molecule has 0 spiro atoms. The first kappa shape index (κ1) is 18.3. The number of hydrogen-bond acceptors (Lipinski definition) is 4. The molecular formula is C18H20ClN3O4. The number of carbonyl (C=O) groups excluding carboxylic acids is 1. The van der Waals surface area contributed by atoms with Crippen LogP contribution < -0.4 is 4.74 Å². The van der Waals surface area contributed by atoms with Gasteiger partial charge in [0.25, 0.3) is 5.91 Å². The van der Waals surface area contributed by atoms with Gasteiger partial charge in [-0.15, -0.1) is 0 Å². The quantitative estimate of drug-likeness (QED) is 0.883. The zero-order valence-corrected chi connectivity index (χ0v) is 15.5. The fourth-order valence-electron chi connectivity index (χ4n) is 3.44. The Labute approximate surface area is 156 Å². The standard InChI is InChI=1S/C18H20ClN3O4/c1-10-15(19)16(21(2)20-10)17(23)22-8-13(14(9-22)18(24)25)11-5-4-6-12(7-11)26-3/h4-7,13-14H,8-9H2,1-3H3,(H,24,25)/t13-,14+/m0/s1. The molecule has 0 saturated carbocycles. The van der Waals surface area contributed by atoms with E-state index in [1.165, 1.54) is 9.58 Å². The topological polar surface area (TPSA) is 84.7 Å². The number of aryl methyl sites for hydroxylation is 2. The number of nitrogens with zero attached hydrogens (tertiary/aromatic N) is 3. The number of amides is 1. The number of likely N-dealkylation sites (tertiary alicyclic amines) is 1. The molecule has 1 aliphatic heterocycles. The Morgan fingerprint density at radius 2 is 2.08 bits per heavy atom. The Bertz CT molecular complexity index is 864. The minimum atomic E-state index is -0.930. The monoisotopic (exact) mass is 377 g/mol. The number of aromatic nitrogens is 2. The van der Waals surface area contributed by atoms with Crippen molar-refractivity contribution in [2.24, 2.45) is 13.0 Å². The van der Waals surface area contributed by atoms with Crippen molar-refractivity contribution >= 4 is 23.5 Å². The highest BCUT2D eigenvalue weighted by Gasteiger charge is 2.41. The molecule has 0 radical (unpaired) electrons. The third kappa shape index (κ3) is 3.14. The average Bonchev–Trinajstić information content (AvgIpc) is 3.17. The minimum absolute atomic E-state index is 0.122. The van der Waals surface area contributed by atoms with Crippen molar-refractivity contribution in [3.63, 3.8) is 0 Å². The molecule has 7 nitrogen and oxygen atoms in total. The van der Waals surface area contributed by atoms with Crippen LogP contribution in [0.2, 0.25) is 5.02 Å². The molecule has 2 aromatic rings. The van der Waals surface area contributed by atoms with Gasteiger partial charge in [0.05, 0.1) is 23.7 Å². The molecule has 1 aromatic carbocycles. The van der Waals surface area contributed by atoms with Crippen molar-refractivity contribution in [1.82, 2.24) is 14.7 Å². The van der Waals surface area contributed by atoms with E-state index in [1.807, 2.05) is 18.2 Å². The van der Waals surface area contributed by atoms with Gasteiger partial charge in [-0.2, -0.15) is 5.10 Å². The maximum absolute atomic E-state index is 12.9. The van der Waals surface area contributed by atoms with E-state index in [-0.39, 0.29) is 24.1 Å². The van der Waals surface area contributed by atoms with Crippen LogP contribution in [0.4, 0.5) is 0 Å². The highest BCUT2D eigenvalue weighted by molar-refractivity contribution is 6.34. The Kier molecular flexibility index (Phi) is 4.91. The number of halogens is 1. The number of ether oxygens (including phenoxy) is 1. The average molecular weight is 378 g/mol. The van der Waals surface area contributed by atoms with Gasteiger partial charge in [-0.1, -0.05) is 23.7 Å². The number of carboxylic acid groups (broad SMARTS) is 1. The summed E-state index contributed by atoms with van der Waals surface area (Å²) in [6.07, 6.45) is 0. The van der Waals surface area contributed by atoms with E-state index in [2.05, 4.69) is 5.10 Å². The Morgan fingerprint density at radius 3 is 2.65 bits per heavy atom. The summed E-state index contributed by atoms with van der Waals surface area (Å²) in [5, 5.41) is 14.1. The SMILES string of the molecule is COc1cccc([C@@H]2CN(C(=O)c3c(Cl)c(C)nn3C)C[C@H]2C(=O)O)c1. The van der Waals surface area contributed by atoms with Gasteiger partial charge in [-0.3, -0.25) is 14.3 Å². The Balaban J connectivity index is 1.92. The van der Waals surface area contributed by atoms with Crippen LogP contribution in [0.15, 0.2) is 24.3 Å². The predicted octanol–water partition coefficient (Wildman–Crippen LogP) is 2.33. The molecule has 0 unspecified atom stereocenters. The van der Waals surface area contributed by atoms with Gasteiger partial charge in [0, 0.05) is 26.1 Å². The Morgan fingerprint density at radius 1 is 1.35 bits per heavy atom. The number of carboxylic acids is 1. The lowest BCUT2D eigenvalue weighted by Crippen LogP contribution is -2.31. The predicted molar refractivity (Wildman–Crippen MR) is 95.7 cm³/mol. The normalized spacial score (nSPS) is 19.6. The van der Waals surface area contributed by atoms with E-state index in [9.17, 15) is 14.7 Å². The molecule has 1 aliphatic rings. The zero-order valence-electron chi connectivity index (χ0n) is 14.8. The fourth-order valence-corrected chi connectivity index (χ4v) is 3.69. The number of rotatable bonds is 4. The zero-order chi connectivity index (χ0) is 19.0. The van der Waals surface area contributed by atoms with E-state index in [0.717, 1.165) is 5.56 Å². The minimum Gasteiger partial charge on any atom is -0.497 e. The summed E-state index contributed by atoms with van der Waals surface area (Å²) in [5.74, 6) is -1.60. The molecule has 138 valence electrons. The maximum Gasteiger partial charge on any atom is 0.308 e. The molecule has 0 bridgehead atoms. The third-order valence-electron chi connectivity index (χ3n) is 4.80. The van der Waals surface area contributed by atoms with Gasteiger partial charge in [0.15, 0.2) is 0 Å².